The lowest BCUT2D eigenvalue weighted by atomic mass is 10.0. The molecule has 1 aliphatic rings. The second-order valence-electron chi connectivity index (χ2n) is 7.65. The highest BCUT2D eigenvalue weighted by atomic mass is 35.5. The maximum atomic E-state index is 12.8. The first-order chi connectivity index (χ1) is 14.7. The highest BCUT2D eigenvalue weighted by Crippen LogP contribution is 2.24. The molecule has 0 spiro atoms. The van der Waals surface area contributed by atoms with Crippen molar-refractivity contribution < 1.29 is 22.7 Å². The zero-order valence-electron chi connectivity index (χ0n) is 17.4. The highest BCUT2D eigenvalue weighted by molar-refractivity contribution is 7.89. The highest BCUT2D eigenvalue weighted by Gasteiger charge is 2.28. The maximum absolute atomic E-state index is 12.8. The first-order valence-electron chi connectivity index (χ1n) is 10.0. The van der Waals surface area contributed by atoms with Crippen LogP contribution in [0.25, 0.3) is 0 Å². The number of carbonyl (C=O) groups is 2. The molecule has 9 heteroatoms. The first kappa shape index (κ1) is 23.2. The zero-order valence-corrected chi connectivity index (χ0v) is 19.0. The van der Waals surface area contributed by atoms with Crippen molar-refractivity contribution in [3.05, 3.63) is 58.6 Å². The molecule has 1 N–H and O–H groups in total. The molecule has 7 nitrogen and oxygen atoms in total. The predicted molar refractivity (Wildman–Crippen MR) is 119 cm³/mol. The van der Waals surface area contributed by atoms with Crippen LogP contribution in [0.15, 0.2) is 47.4 Å². The second-order valence-corrected chi connectivity index (χ2v) is 9.99. The number of piperidine rings is 1. The van der Waals surface area contributed by atoms with Crippen molar-refractivity contribution in [2.24, 2.45) is 5.92 Å². The van der Waals surface area contributed by atoms with Crippen molar-refractivity contribution in [3.63, 3.8) is 0 Å². The lowest BCUT2D eigenvalue weighted by Crippen LogP contribution is -2.37. The van der Waals surface area contributed by atoms with E-state index in [1.165, 1.54) is 28.6 Å². The van der Waals surface area contributed by atoms with E-state index in [0.717, 1.165) is 12.8 Å². The number of nitrogens with one attached hydrogen (secondary N) is 1. The molecule has 0 aliphatic carbocycles. The number of rotatable bonds is 6. The summed E-state index contributed by atoms with van der Waals surface area (Å²) < 4.78 is 32.0. The summed E-state index contributed by atoms with van der Waals surface area (Å²) in [5.74, 6) is -0.699. The molecule has 1 saturated heterocycles. The van der Waals surface area contributed by atoms with Crippen LogP contribution in [0.2, 0.25) is 5.02 Å². The maximum Gasteiger partial charge on any atom is 0.338 e. The van der Waals surface area contributed by atoms with Gasteiger partial charge in [-0.2, -0.15) is 4.31 Å². The zero-order chi connectivity index (χ0) is 22.6. The van der Waals surface area contributed by atoms with Gasteiger partial charge in [0.15, 0.2) is 6.61 Å². The van der Waals surface area contributed by atoms with Crippen LogP contribution in [0.1, 0.15) is 35.7 Å². The second kappa shape index (κ2) is 9.80. The lowest BCUT2D eigenvalue weighted by molar-refractivity contribution is -0.119. The van der Waals surface area contributed by atoms with Crippen LogP contribution in [0.3, 0.4) is 0 Å². The summed E-state index contributed by atoms with van der Waals surface area (Å²) in [5.41, 5.74) is 1.41. The Morgan fingerprint density at radius 2 is 1.77 bits per heavy atom. The monoisotopic (exact) mass is 464 g/mol. The van der Waals surface area contributed by atoms with Crippen molar-refractivity contribution in [1.29, 1.82) is 0 Å². The van der Waals surface area contributed by atoms with E-state index >= 15 is 0 Å². The smallest absolute Gasteiger partial charge is 0.338 e. The normalized spacial score (nSPS) is 15.5. The van der Waals surface area contributed by atoms with Crippen LogP contribution in [0.5, 0.6) is 0 Å². The number of ether oxygens (including phenoxy) is 1. The third-order valence-corrected chi connectivity index (χ3v) is 7.67. The number of hydrogen-bond donors (Lipinski definition) is 1. The average Bonchev–Trinajstić information content (AvgIpc) is 2.75. The van der Waals surface area contributed by atoms with E-state index in [0.29, 0.717) is 35.3 Å². The minimum absolute atomic E-state index is 0.132. The van der Waals surface area contributed by atoms with E-state index in [9.17, 15) is 18.0 Å². The molecule has 1 fully saturated rings. The van der Waals surface area contributed by atoms with Gasteiger partial charge < -0.3 is 10.1 Å². The van der Waals surface area contributed by atoms with Gasteiger partial charge in [-0.3, -0.25) is 4.79 Å². The van der Waals surface area contributed by atoms with Crippen molar-refractivity contribution in [2.75, 3.05) is 25.0 Å². The van der Waals surface area contributed by atoms with Crippen LogP contribution in [-0.4, -0.2) is 44.3 Å². The van der Waals surface area contributed by atoms with Crippen molar-refractivity contribution in [3.8, 4) is 0 Å². The van der Waals surface area contributed by atoms with Crippen LogP contribution in [-0.2, 0) is 19.6 Å². The van der Waals surface area contributed by atoms with Gasteiger partial charge >= 0.3 is 5.97 Å². The van der Waals surface area contributed by atoms with Gasteiger partial charge in [-0.05, 0) is 67.6 Å². The molecule has 0 saturated carbocycles. The minimum Gasteiger partial charge on any atom is -0.452 e. The van der Waals surface area contributed by atoms with E-state index in [1.54, 1.807) is 25.1 Å². The molecule has 166 valence electrons. The van der Waals surface area contributed by atoms with Gasteiger partial charge in [0, 0.05) is 23.8 Å². The summed E-state index contributed by atoms with van der Waals surface area (Å²) in [6.45, 7) is 4.39. The minimum atomic E-state index is -3.59. The summed E-state index contributed by atoms with van der Waals surface area (Å²) in [4.78, 5) is 24.4. The Bertz CT molecular complexity index is 1060. The number of benzene rings is 2. The number of hydrogen-bond acceptors (Lipinski definition) is 5. The summed E-state index contributed by atoms with van der Waals surface area (Å²) in [6, 6.07) is 10.7. The molecule has 2 aromatic carbocycles. The summed E-state index contributed by atoms with van der Waals surface area (Å²) in [6.07, 6.45) is 1.67. The molecule has 1 amide bonds. The van der Waals surface area contributed by atoms with E-state index < -0.39 is 28.5 Å². The van der Waals surface area contributed by atoms with Crippen LogP contribution in [0.4, 0.5) is 5.69 Å². The summed E-state index contributed by atoms with van der Waals surface area (Å²) in [7, 11) is -3.59. The average molecular weight is 465 g/mol. The number of carbonyl (C=O) groups excluding carboxylic acids is 2. The van der Waals surface area contributed by atoms with Gasteiger partial charge in [0.1, 0.15) is 0 Å². The van der Waals surface area contributed by atoms with Crippen LogP contribution < -0.4 is 5.32 Å². The molecule has 31 heavy (non-hydrogen) atoms. The number of esters is 1. The van der Waals surface area contributed by atoms with Crippen molar-refractivity contribution >= 4 is 39.2 Å². The van der Waals surface area contributed by atoms with Gasteiger partial charge in [-0.15, -0.1) is 0 Å². The fraction of sp³-hybridized carbons (Fsp3) is 0.364. The Kier molecular flexibility index (Phi) is 7.35. The summed E-state index contributed by atoms with van der Waals surface area (Å²) in [5, 5.41) is 3.16. The molecule has 0 radical (unpaired) electrons. The van der Waals surface area contributed by atoms with Gasteiger partial charge in [-0.25, -0.2) is 13.2 Å². The van der Waals surface area contributed by atoms with Gasteiger partial charge in [-0.1, -0.05) is 24.6 Å². The number of sulfonamides is 1. The van der Waals surface area contributed by atoms with Gasteiger partial charge in [0.05, 0.1) is 10.5 Å². The Hall–Kier alpha value is -2.42. The Labute approximate surface area is 187 Å². The lowest BCUT2D eigenvalue weighted by Gasteiger charge is -2.29. The number of amides is 1. The van der Waals surface area contributed by atoms with E-state index in [1.807, 2.05) is 0 Å². The SMILES string of the molecule is Cc1c(Cl)cccc1NC(=O)COC(=O)c1ccc(S(=O)(=O)N2CCC(C)CC2)cc1. The molecular weight excluding hydrogens is 440 g/mol. The molecule has 1 heterocycles. The molecule has 0 bridgehead atoms. The third-order valence-electron chi connectivity index (χ3n) is 5.35. The summed E-state index contributed by atoms with van der Waals surface area (Å²) >= 11 is 6.02. The largest absolute Gasteiger partial charge is 0.452 e. The van der Waals surface area contributed by atoms with Gasteiger partial charge in [0.2, 0.25) is 10.0 Å². The molecular formula is C22H25ClN2O5S. The quantitative estimate of drug-likeness (QED) is 0.655. The number of anilines is 1. The topological polar surface area (TPSA) is 92.8 Å². The van der Waals surface area contributed by atoms with Crippen molar-refractivity contribution in [2.45, 2.75) is 31.6 Å². The number of nitrogens with zero attached hydrogens (tertiary/aromatic N) is 1. The fourth-order valence-corrected chi connectivity index (χ4v) is 4.93. The van der Waals surface area contributed by atoms with Crippen LogP contribution >= 0.6 is 11.6 Å². The van der Waals surface area contributed by atoms with Gasteiger partial charge in [0.25, 0.3) is 5.91 Å². The molecule has 3 rings (SSSR count). The Morgan fingerprint density at radius 1 is 1.13 bits per heavy atom. The van der Waals surface area contributed by atoms with E-state index in [2.05, 4.69) is 12.2 Å². The fourth-order valence-electron chi connectivity index (χ4n) is 3.28. The molecule has 0 atom stereocenters. The number of halogens is 1. The molecule has 0 aromatic heterocycles. The Balaban J connectivity index is 1.57. The first-order valence-corrected chi connectivity index (χ1v) is 11.8. The van der Waals surface area contributed by atoms with Crippen molar-refractivity contribution in [1.82, 2.24) is 4.31 Å². The Morgan fingerprint density at radius 3 is 2.42 bits per heavy atom. The molecule has 2 aromatic rings. The van der Waals surface area contributed by atoms with E-state index in [-0.39, 0.29) is 10.5 Å². The standard InChI is InChI=1S/C22H25ClN2O5S/c1-15-10-12-25(13-11-15)31(28,29)18-8-6-17(7-9-18)22(27)30-14-21(26)24-20-5-3-4-19(23)16(20)2/h3-9,15H,10-14H2,1-2H3,(H,24,26). The van der Waals surface area contributed by atoms with Crippen LogP contribution in [0, 0.1) is 12.8 Å². The third kappa shape index (κ3) is 5.64. The molecule has 0 unspecified atom stereocenters. The van der Waals surface area contributed by atoms with E-state index in [4.69, 9.17) is 16.3 Å². The predicted octanol–water partition coefficient (Wildman–Crippen LogP) is 3.86. The molecule has 1 aliphatic heterocycles.